The van der Waals surface area contributed by atoms with E-state index in [0.29, 0.717) is 17.2 Å². The van der Waals surface area contributed by atoms with Gasteiger partial charge >= 0.3 is 0 Å². The number of hydrogen-bond donors (Lipinski definition) is 1. The van der Waals surface area contributed by atoms with Gasteiger partial charge in [0.1, 0.15) is 0 Å². The second-order valence-corrected chi connectivity index (χ2v) is 8.29. The Labute approximate surface area is 139 Å². The Hall–Kier alpha value is -1.26. The monoisotopic (exact) mass is 318 g/mol. The number of hydrogen-bond acceptors (Lipinski definition) is 4. The summed E-state index contributed by atoms with van der Waals surface area (Å²) in [4.78, 5) is 7.64. The first-order valence-electron chi connectivity index (χ1n) is 8.73. The molecule has 4 nitrogen and oxygen atoms in total. The van der Waals surface area contributed by atoms with Crippen LogP contribution in [0, 0.1) is 11.3 Å². The zero-order chi connectivity index (χ0) is 16.6. The molecule has 3 rings (SSSR count). The van der Waals surface area contributed by atoms with Crippen molar-refractivity contribution in [3.8, 4) is 11.5 Å². The third-order valence-corrected chi connectivity index (χ3v) is 5.26. The maximum atomic E-state index is 5.45. The van der Waals surface area contributed by atoms with Crippen molar-refractivity contribution in [3.63, 3.8) is 0 Å². The summed E-state index contributed by atoms with van der Waals surface area (Å²) < 4.78 is 5.45. The van der Waals surface area contributed by atoms with E-state index in [-0.39, 0.29) is 0 Å². The number of benzene rings is 1. The minimum Gasteiger partial charge on any atom is -0.493 e. The Balaban J connectivity index is 1.81. The van der Waals surface area contributed by atoms with Crippen molar-refractivity contribution in [2.75, 3.05) is 20.2 Å². The van der Waals surface area contributed by atoms with E-state index in [1.807, 2.05) is 0 Å². The van der Waals surface area contributed by atoms with E-state index in [4.69, 9.17) is 15.5 Å². The molecule has 2 atom stereocenters. The molecule has 1 aromatic rings. The van der Waals surface area contributed by atoms with Gasteiger partial charge in [0.15, 0.2) is 11.5 Å². The molecular weight excluding hydrogens is 288 g/mol. The number of piperidine rings is 1. The number of rotatable bonds is 3. The van der Waals surface area contributed by atoms with E-state index in [1.54, 1.807) is 7.11 Å². The number of nitrogens with zero attached hydrogens (tertiary/aromatic N) is 1. The molecule has 0 bridgehead atoms. The zero-order valence-corrected chi connectivity index (χ0v) is 14.9. The Kier molecular flexibility index (Phi) is 4.56. The molecule has 23 heavy (non-hydrogen) atoms. The summed E-state index contributed by atoms with van der Waals surface area (Å²) >= 11 is 0. The lowest BCUT2D eigenvalue weighted by atomic mass is 9.77. The van der Waals surface area contributed by atoms with Gasteiger partial charge in [-0.15, -0.1) is 0 Å². The summed E-state index contributed by atoms with van der Waals surface area (Å²) in [5, 5.41) is 0. The molecule has 1 saturated heterocycles. The Morgan fingerprint density at radius 1 is 1.22 bits per heavy atom. The molecule has 4 heteroatoms. The van der Waals surface area contributed by atoms with Gasteiger partial charge in [0, 0.05) is 19.1 Å². The molecule has 1 aromatic carbocycles. The van der Waals surface area contributed by atoms with Crippen LogP contribution < -0.4 is 15.5 Å². The molecule has 0 saturated carbocycles. The van der Waals surface area contributed by atoms with Crippen LogP contribution in [0.3, 0.4) is 0 Å². The predicted octanol–water partition coefficient (Wildman–Crippen LogP) is 3.69. The summed E-state index contributed by atoms with van der Waals surface area (Å²) in [6, 6.07) is 4.72. The highest BCUT2D eigenvalue weighted by Gasteiger charge is 2.35. The van der Waals surface area contributed by atoms with E-state index in [9.17, 15) is 0 Å². The molecule has 2 heterocycles. The van der Waals surface area contributed by atoms with Gasteiger partial charge < -0.3 is 9.57 Å². The first-order chi connectivity index (χ1) is 10.9. The number of methoxy groups -OCH3 is 1. The first-order valence-corrected chi connectivity index (χ1v) is 8.73. The van der Waals surface area contributed by atoms with Gasteiger partial charge in [-0.05, 0) is 60.3 Å². The lowest BCUT2D eigenvalue weighted by molar-refractivity contribution is 0.0793. The smallest absolute Gasteiger partial charge is 0.188 e. The van der Waals surface area contributed by atoms with Crippen molar-refractivity contribution >= 4 is 0 Å². The zero-order valence-electron chi connectivity index (χ0n) is 14.9. The van der Waals surface area contributed by atoms with Crippen LogP contribution in [0.1, 0.15) is 57.2 Å². The third-order valence-electron chi connectivity index (χ3n) is 5.26. The second-order valence-electron chi connectivity index (χ2n) is 8.29. The van der Waals surface area contributed by atoms with Crippen molar-refractivity contribution in [1.82, 2.24) is 4.90 Å². The number of fused-ring (bicyclic) bond motifs is 3. The average molecular weight is 318 g/mol. The van der Waals surface area contributed by atoms with Gasteiger partial charge in [0.2, 0.25) is 0 Å². The maximum absolute atomic E-state index is 5.45. The van der Waals surface area contributed by atoms with Crippen LogP contribution >= 0.6 is 0 Å². The number of nitrogens with two attached hydrogens (primary N) is 1. The van der Waals surface area contributed by atoms with Crippen molar-refractivity contribution in [3.05, 3.63) is 23.3 Å². The van der Waals surface area contributed by atoms with Crippen LogP contribution in [-0.2, 0) is 6.42 Å². The van der Waals surface area contributed by atoms with E-state index in [0.717, 1.165) is 24.6 Å². The van der Waals surface area contributed by atoms with Crippen molar-refractivity contribution in [1.29, 1.82) is 0 Å². The summed E-state index contributed by atoms with van der Waals surface area (Å²) in [6.07, 6.45) is 4.93. The quantitative estimate of drug-likeness (QED) is 0.863. The van der Waals surface area contributed by atoms with Crippen LogP contribution in [0.25, 0.3) is 0 Å². The van der Waals surface area contributed by atoms with E-state index < -0.39 is 0 Å². The van der Waals surface area contributed by atoms with Crippen LogP contribution in [0.2, 0.25) is 0 Å². The van der Waals surface area contributed by atoms with Crippen LogP contribution in [0.5, 0.6) is 11.5 Å². The lowest BCUT2D eigenvalue weighted by Crippen LogP contribution is -2.43. The summed E-state index contributed by atoms with van der Waals surface area (Å²) in [5.74, 6) is 7.58. The summed E-state index contributed by atoms with van der Waals surface area (Å²) in [5.41, 5.74) is 3.19. The fourth-order valence-electron chi connectivity index (χ4n) is 4.42. The van der Waals surface area contributed by atoms with Crippen molar-refractivity contribution < 1.29 is 9.57 Å². The highest BCUT2D eigenvalue weighted by molar-refractivity contribution is 5.49. The minimum absolute atomic E-state index is 0.418. The SMILES string of the molecule is COc1cc2c(cc1ON)CCN1CC(CC(C)(C)C)CCC21. The Bertz CT molecular complexity index is 565. The molecule has 0 aliphatic carbocycles. The molecule has 0 spiro atoms. The highest BCUT2D eigenvalue weighted by atomic mass is 16.6. The molecule has 0 aromatic heterocycles. The van der Waals surface area contributed by atoms with E-state index in [2.05, 4.69) is 37.8 Å². The molecule has 2 unspecified atom stereocenters. The Morgan fingerprint density at radius 3 is 2.65 bits per heavy atom. The average Bonchev–Trinajstić information content (AvgIpc) is 2.51. The van der Waals surface area contributed by atoms with Crippen molar-refractivity contribution in [2.24, 2.45) is 17.2 Å². The van der Waals surface area contributed by atoms with Gasteiger partial charge in [-0.3, -0.25) is 4.90 Å². The van der Waals surface area contributed by atoms with Gasteiger partial charge in [-0.1, -0.05) is 20.8 Å². The van der Waals surface area contributed by atoms with Crippen molar-refractivity contribution in [2.45, 2.75) is 52.5 Å². The second kappa shape index (κ2) is 6.33. The van der Waals surface area contributed by atoms with Gasteiger partial charge in [0.25, 0.3) is 0 Å². The fourth-order valence-corrected chi connectivity index (χ4v) is 4.42. The molecule has 1 fully saturated rings. The highest BCUT2D eigenvalue weighted by Crippen LogP contribution is 2.44. The Morgan fingerprint density at radius 2 is 2.00 bits per heavy atom. The molecule has 2 N–H and O–H groups in total. The lowest BCUT2D eigenvalue weighted by Gasteiger charge is -2.45. The fraction of sp³-hybridized carbons (Fsp3) is 0.684. The van der Waals surface area contributed by atoms with E-state index in [1.165, 1.54) is 36.9 Å². The van der Waals surface area contributed by atoms with Gasteiger partial charge in [-0.25, -0.2) is 0 Å². The molecule has 2 aliphatic rings. The largest absolute Gasteiger partial charge is 0.493 e. The molecular formula is C19H30N2O2. The van der Waals surface area contributed by atoms with Gasteiger partial charge in [-0.2, -0.15) is 5.90 Å². The molecule has 2 aliphatic heterocycles. The van der Waals surface area contributed by atoms with Crippen LogP contribution in [0.15, 0.2) is 12.1 Å². The summed E-state index contributed by atoms with van der Waals surface area (Å²) in [6.45, 7) is 9.41. The first kappa shape index (κ1) is 16.6. The van der Waals surface area contributed by atoms with E-state index >= 15 is 0 Å². The minimum atomic E-state index is 0.418. The summed E-state index contributed by atoms with van der Waals surface area (Å²) in [7, 11) is 1.67. The molecule has 0 radical (unpaired) electrons. The molecule has 128 valence electrons. The van der Waals surface area contributed by atoms with Crippen LogP contribution in [0.4, 0.5) is 0 Å². The third kappa shape index (κ3) is 3.48. The van der Waals surface area contributed by atoms with Gasteiger partial charge in [0.05, 0.1) is 7.11 Å². The maximum Gasteiger partial charge on any atom is 0.188 e. The molecule has 0 amide bonds. The topological polar surface area (TPSA) is 47.7 Å². The normalized spacial score (nSPS) is 24.7. The standard InChI is InChI=1S/C19H30N2O2/c1-19(2,3)11-13-5-6-16-15-10-17(22-4)18(23-20)9-14(15)7-8-21(16)12-13/h9-10,13,16H,5-8,11-12,20H2,1-4H3. The predicted molar refractivity (Wildman–Crippen MR) is 92.6 cm³/mol. The van der Waals surface area contributed by atoms with Crippen LogP contribution in [-0.4, -0.2) is 25.1 Å². The number of ether oxygens (including phenoxy) is 1.